The summed E-state index contributed by atoms with van der Waals surface area (Å²) in [5, 5.41) is 22.3. The molecule has 0 aliphatic carbocycles. The van der Waals surface area contributed by atoms with Gasteiger partial charge in [-0.3, -0.25) is 14.9 Å². The molecule has 2 unspecified atom stereocenters. The van der Waals surface area contributed by atoms with Gasteiger partial charge in [-0.2, -0.15) is 0 Å². The molecule has 7 heteroatoms. The second kappa shape index (κ2) is 7.76. The van der Waals surface area contributed by atoms with Crippen LogP contribution in [0.1, 0.15) is 26.7 Å². The number of hydrogen-bond donors (Lipinski definition) is 1. The molecular weight excluding hydrogens is 324 g/mol. The fraction of sp³-hybridized carbons (Fsp3) is 0.500. The maximum atomic E-state index is 12.2. The fourth-order valence-electron chi connectivity index (χ4n) is 2.92. The normalized spacial score (nSPS) is 14.4. The van der Waals surface area contributed by atoms with E-state index in [1.54, 1.807) is 10.6 Å². The van der Waals surface area contributed by atoms with Gasteiger partial charge in [0.15, 0.2) is 0 Å². The molecule has 7 nitrogen and oxygen atoms in total. The number of hydrogen-bond acceptors (Lipinski definition) is 5. The minimum Gasteiger partial charge on any atom is -0.390 e. The van der Waals surface area contributed by atoms with Gasteiger partial charge in [-0.25, -0.2) is 0 Å². The third kappa shape index (κ3) is 4.43. The van der Waals surface area contributed by atoms with Crippen LogP contribution in [-0.4, -0.2) is 39.5 Å². The summed E-state index contributed by atoms with van der Waals surface area (Å²) in [6.07, 6.45) is -1.23. The lowest BCUT2D eigenvalue weighted by Crippen LogP contribution is -2.41. The number of aliphatic hydroxyl groups excluding tert-OH is 1. The Balaban J connectivity index is 2.15. The molecule has 1 heterocycles. The summed E-state index contributed by atoms with van der Waals surface area (Å²) in [4.78, 5) is 22.8. The molecule has 1 aromatic heterocycles. The molecule has 136 valence electrons. The van der Waals surface area contributed by atoms with Crippen molar-refractivity contribution in [3.05, 3.63) is 56.9 Å². The summed E-state index contributed by atoms with van der Waals surface area (Å²) in [6, 6.07) is 10.8. The largest absolute Gasteiger partial charge is 0.390 e. The molecule has 0 bridgehead atoms. The lowest BCUT2D eigenvalue weighted by molar-refractivity contribution is -0.563. The van der Waals surface area contributed by atoms with Crippen LogP contribution in [0.3, 0.4) is 0 Å². The Kier molecular flexibility index (Phi) is 5.92. The van der Waals surface area contributed by atoms with Crippen LogP contribution in [0, 0.1) is 10.1 Å². The van der Waals surface area contributed by atoms with E-state index in [4.69, 9.17) is 4.74 Å². The molecule has 0 amide bonds. The van der Waals surface area contributed by atoms with Crippen molar-refractivity contribution in [2.75, 3.05) is 7.11 Å². The summed E-state index contributed by atoms with van der Waals surface area (Å²) >= 11 is 0. The minimum absolute atomic E-state index is 0.0249. The van der Waals surface area contributed by atoms with Gasteiger partial charge in [-0.05, 0) is 23.9 Å². The third-order valence-electron chi connectivity index (χ3n) is 4.47. The quantitative estimate of drug-likeness (QED) is 0.583. The first-order valence-electron chi connectivity index (χ1n) is 8.20. The van der Waals surface area contributed by atoms with Crippen LogP contribution in [0.15, 0.2) is 41.2 Å². The van der Waals surface area contributed by atoms with E-state index in [0.29, 0.717) is 13.0 Å². The Hall–Kier alpha value is -2.25. The van der Waals surface area contributed by atoms with Crippen LogP contribution in [0.25, 0.3) is 10.9 Å². The second-order valence-electron chi connectivity index (χ2n) is 6.79. The lowest BCUT2D eigenvalue weighted by atomic mass is 9.93. The van der Waals surface area contributed by atoms with Crippen molar-refractivity contribution >= 4 is 10.9 Å². The van der Waals surface area contributed by atoms with Crippen molar-refractivity contribution < 1.29 is 14.8 Å². The molecule has 0 spiro atoms. The first kappa shape index (κ1) is 19.1. The number of para-hydroxylation sites is 1. The van der Waals surface area contributed by atoms with Crippen LogP contribution in [-0.2, 0) is 11.3 Å². The molecule has 1 aromatic carbocycles. The molecule has 0 aliphatic heterocycles. The van der Waals surface area contributed by atoms with Crippen LogP contribution in [0.2, 0.25) is 0 Å². The van der Waals surface area contributed by atoms with Crippen LogP contribution >= 0.6 is 0 Å². The van der Waals surface area contributed by atoms with Crippen molar-refractivity contribution in [3.63, 3.8) is 0 Å². The first-order chi connectivity index (χ1) is 11.8. The average Bonchev–Trinajstić information content (AvgIpc) is 2.56. The monoisotopic (exact) mass is 348 g/mol. The van der Waals surface area contributed by atoms with E-state index in [1.807, 2.05) is 24.3 Å². The van der Waals surface area contributed by atoms with Crippen molar-refractivity contribution in [3.8, 4) is 0 Å². The number of nitro groups is 1. The third-order valence-corrected chi connectivity index (χ3v) is 4.47. The van der Waals surface area contributed by atoms with Gasteiger partial charge in [-0.1, -0.05) is 18.2 Å². The molecule has 0 radical (unpaired) electrons. The zero-order chi connectivity index (χ0) is 18.6. The summed E-state index contributed by atoms with van der Waals surface area (Å²) in [6.45, 7) is 3.30. The molecule has 1 N–H and O–H groups in total. The van der Waals surface area contributed by atoms with Crippen molar-refractivity contribution in [1.82, 2.24) is 4.57 Å². The molecule has 0 saturated heterocycles. The van der Waals surface area contributed by atoms with Crippen molar-refractivity contribution in [1.29, 1.82) is 0 Å². The number of fused-ring (bicyclic) bond motifs is 1. The Morgan fingerprint density at radius 2 is 1.96 bits per heavy atom. The van der Waals surface area contributed by atoms with Gasteiger partial charge in [-0.15, -0.1) is 0 Å². The summed E-state index contributed by atoms with van der Waals surface area (Å²) in [7, 11) is 1.46. The number of aromatic nitrogens is 1. The van der Waals surface area contributed by atoms with Gasteiger partial charge < -0.3 is 14.4 Å². The first-order valence-corrected chi connectivity index (χ1v) is 8.20. The highest BCUT2D eigenvalue weighted by Crippen LogP contribution is 2.20. The Morgan fingerprint density at radius 1 is 1.28 bits per heavy atom. The van der Waals surface area contributed by atoms with Crippen LogP contribution in [0.4, 0.5) is 0 Å². The maximum absolute atomic E-state index is 12.2. The summed E-state index contributed by atoms with van der Waals surface area (Å²) < 4.78 is 6.96. The number of aryl methyl sites for hydroxylation is 1. The van der Waals surface area contributed by atoms with Gasteiger partial charge in [0.25, 0.3) is 5.56 Å². The number of methoxy groups -OCH3 is 1. The number of rotatable bonds is 8. The number of nitrogens with zero attached hydrogens (tertiary/aromatic N) is 2. The molecule has 25 heavy (non-hydrogen) atoms. The number of ether oxygens (including phenoxy) is 1. The number of benzene rings is 1. The van der Waals surface area contributed by atoms with E-state index in [0.717, 1.165) is 10.9 Å². The van der Waals surface area contributed by atoms with E-state index < -0.39 is 22.7 Å². The van der Waals surface area contributed by atoms with Crippen molar-refractivity contribution in [2.45, 2.75) is 51.0 Å². The predicted molar refractivity (Wildman–Crippen MR) is 95.3 cm³/mol. The summed E-state index contributed by atoms with van der Waals surface area (Å²) in [5.74, 6) is 0. The van der Waals surface area contributed by atoms with E-state index in [1.165, 1.54) is 27.0 Å². The Bertz CT molecular complexity index is 799. The molecular formula is C18H24N2O5. The highest BCUT2D eigenvalue weighted by Gasteiger charge is 2.36. The minimum atomic E-state index is -1.24. The van der Waals surface area contributed by atoms with E-state index >= 15 is 0 Å². The topological polar surface area (TPSA) is 94.6 Å². The van der Waals surface area contributed by atoms with E-state index in [9.17, 15) is 20.0 Å². The second-order valence-corrected chi connectivity index (χ2v) is 6.79. The van der Waals surface area contributed by atoms with Gasteiger partial charge in [0.1, 0.15) is 0 Å². The molecule has 2 aromatic rings. The highest BCUT2D eigenvalue weighted by atomic mass is 16.6. The highest BCUT2D eigenvalue weighted by molar-refractivity contribution is 5.78. The maximum Gasteiger partial charge on any atom is 0.251 e. The van der Waals surface area contributed by atoms with Crippen molar-refractivity contribution in [2.24, 2.45) is 0 Å². The van der Waals surface area contributed by atoms with E-state index in [2.05, 4.69) is 0 Å². The molecule has 0 fully saturated rings. The molecule has 2 rings (SSSR count). The van der Waals surface area contributed by atoms with Gasteiger partial charge in [0, 0.05) is 44.9 Å². The van der Waals surface area contributed by atoms with Crippen LogP contribution in [0.5, 0.6) is 0 Å². The average molecular weight is 348 g/mol. The van der Waals surface area contributed by atoms with E-state index in [-0.39, 0.29) is 12.0 Å². The Morgan fingerprint density at radius 3 is 2.60 bits per heavy atom. The zero-order valence-electron chi connectivity index (χ0n) is 14.7. The SMILES string of the molecule is COC(CCn1c(=O)ccc2ccccc21)C(O)CC(C)(C)[N+](=O)[O-]. The standard InChI is InChI=1S/C18H24N2O5/c1-18(2,20(23)24)12-15(21)16(25-3)10-11-19-14-7-5-4-6-13(14)8-9-17(19)22/h4-9,15-16,21H,10-12H2,1-3H3. The van der Waals surface area contributed by atoms with Gasteiger partial charge in [0.2, 0.25) is 5.54 Å². The smallest absolute Gasteiger partial charge is 0.251 e. The molecule has 2 atom stereocenters. The fourth-order valence-corrected chi connectivity index (χ4v) is 2.92. The Labute approximate surface area is 146 Å². The number of pyridine rings is 1. The number of aliphatic hydroxyl groups is 1. The van der Waals surface area contributed by atoms with Crippen LogP contribution < -0.4 is 5.56 Å². The zero-order valence-corrected chi connectivity index (χ0v) is 14.7. The molecule has 0 aliphatic rings. The molecule has 0 saturated carbocycles. The predicted octanol–water partition coefficient (Wildman–Crippen LogP) is 2.21. The van der Waals surface area contributed by atoms with Gasteiger partial charge >= 0.3 is 0 Å². The van der Waals surface area contributed by atoms with Gasteiger partial charge in [0.05, 0.1) is 17.7 Å². The summed E-state index contributed by atoms with van der Waals surface area (Å²) in [5.41, 5.74) is -0.564. The lowest BCUT2D eigenvalue weighted by Gasteiger charge is -2.26.